The van der Waals surface area contributed by atoms with Crippen LogP contribution in [0.25, 0.3) is 0 Å². The van der Waals surface area contributed by atoms with Gasteiger partial charge in [0.15, 0.2) is 11.5 Å². The topological polar surface area (TPSA) is 125 Å². The van der Waals surface area contributed by atoms with Crippen LogP contribution in [0.2, 0.25) is 0 Å². The first-order valence-corrected chi connectivity index (χ1v) is 12.1. The maximum Gasteiger partial charge on any atom is 0.309 e. The number of carbonyl (C=O) groups excluding carboxylic acids is 1. The summed E-state index contributed by atoms with van der Waals surface area (Å²) in [6, 6.07) is 10.5. The van der Waals surface area contributed by atoms with Crippen LogP contribution in [-0.4, -0.2) is 49.9 Å². The number of esters is 1. The van der Waals surface area contributed by atoms with E-state index in [1.807, 2.05) is 0 Å². The standard InChI is InChI=1S/C22H24N2O8S/c25-22(32-15-16-3-1-4-18(13-16)24(26)27)17-7-9-23(10-8-17)33(28,29)19-5-6-20-21(14-19)31-12-2-11-30-20/h1,3-6,13-14,17H,2,7-12,15H2. The maximum absolute atomic E-state index is 13.1. The third kappa shape index (κ3) is 5.25. The molecule has 2 aliphatic rings. The van der Waals surface area contributed by atoms with Crippen molar-refractivity contribution in [2.75, 3.05) is 26.3 Å². The van der Waals surface area contributed by atoms with E-state index in [0.717, 1.165) is 6.42 Å². The molecule has 10 nitrogen and oxygen atoms in total. The number of fused-ring (bicyclic) bond motifs is 1. The molecule has 0 unspecified atom stereocenters. The minimum atomic E-state index is -3.74. The van der Waals surface area contributed by atoms with E-state index < -0.39 is 26.8 Å². The number of hydrogen-bond acceptors (Lipinski definition) is 8. The molecular formula is C22H24N2O8S. The van der Waals surface area contributed by atoms with Crippen molar-refractivity contribution >= 4 is 21.7 Å². The lowest BCUT2D eigenvalue weighted by Crippen LogP contribution is -2.40. The molecule has 0 bridgehead atoms. The molecular weight excluding hydrogens is 452 g/mol. The van der Waals surface area contributed by atoms with E-state index in [9.17, 15) is 23.3 Å². The Kier molecular flexibility index (Phi) is 6.80. The van der Waals surface area contributed by atoms with Crippen LogP contribution in [-0.2, 0) is 26.2 Å². The Morgan fingerprint density at radius 1 is 1.09 bits per heavy atom. The van der Waals surface area contributed by atoms with Gasteiger partial charge in [-0.15, -0.1) is 0 Å². The molecule has 33 heavy (non-hydrogen) atoms. The number of benzene rings is 2. The number of nitro benzene ring substituents is 1. The summed E-state index contributed by atoms with van der Waals surface area (Å²) in [5.41, 5.74) is 0.448. The first-order chi connectivity index (χ1) is 15.8. The molecule has 11 heteroatoms. The zero-order chi connectivity index (χ0) is 23.4. The van der Waals surface area contributed by atoms with Crippen LogP contribution in [0.4, 0.5) is 5.69 Å². The fraction of sp³-hybridized carbons (Fsp3) is 0.409. The van der Waals surface area contributed by atoms with Crippen LogP contribution in [0.1, 0.15) is 24.8 Å². The molecule has 1 fully saturated rings. The van der Waals surface area contributed by atoms with Crippen molar-refractivity contribution < 1.29 is 32.3 Å². The molecule has 2 aromatic carbocycles. The van der Waals surface area contributed by atoms with Gasteiger partial charge in [0, 0.05) is 37.7 Å². The molecule has 2 aliphatic heterocycles. The molecule has 0 aliphatic carbocycles. The highest BCUT2D eigenvalue weighted by Gasteiger charge is 2.33. The number of nitro groups is 1. The van der Waals surface area contributed by atoms with Crippen molar-refractivity contribution in [1.29, 1.82) is 0 Å². The SMILES string of the molecule is O=C(OCc1cccc([N+](=O)[O-])c1)C1CCN(S(=O)(=O)c2ccc3c(c2)OCCCO3)CC1. The van der Waals surface area contributed by atoms with Crippen molar-refractivity contribution in [2.24, 2.45) is 5.92 Å². The molecule has 1 saturated heterocycles. The van der Waals surface area contributed by atoms with Crippen molar-refractivity contribution in [3.8, 4) is 11.5 Å². The lowest BCUT2D eigenvalue weighted by molar-refractivity contribution is -0.384. The number of nitrogens with zero attached hydrogens (tertiary/aromatic N) is 2. The van der Waals surface area contributed by atoms with Crippen LogP contribution in [0.15, 0.2) is 47.4 Å². The maximum atomic E-state index is 13.1. The first kappa shape index (κ1) is 23.0. The van der Waals surface area contributed by atoms with Gasteiger partial charge in [-0.2, -0.15) is 4.31 Å². The van der Waals surface area contributed by atoms with Gasteiger partial charge in [0.2, 0.25) is 10.0 Å². The highest BCUT2D eigenvalue weighted by molar-refractivity contribution is 7.89. The molecule has 176 valence electrons. The van der Waals surface area contributed by atoms with E-state index >= 15 is 0 Å². The van der Waals surface area contributed by atoms with Crippen molar-refractivity contribution in [3.05, 3.63) is 58.1 Å². The van der Waals surface area contributed by atoms with Crippen molar-refractivity contribution in [1.82, 2.24) is 4.31 Å². The van der Waals surface area contributed by atoms with Gasteiger partial charge >= 0.3 is 5.97 Å². The van der Waals surface area contributed by atoms with E-state index in [0.29, 0.717) is 43.1 Å². The largest absolute Gasteiger partial charge is 0.490 e. The predicted molar refractivity (Wildman–Crippen MR) is 116 cm³/mol. The smallest absolute Gasteiger partial charge is 0.309 e. The summed E-state index contributed by atoms with van der Waals surface area (Å²) in [6.07, 6.45) is 1.39. The van der Waals surface area contributed by atoms with Crippen LogP contribution >= 0.6 is 0 Å². The molecule has 0 atom stereocenters. The monoisotopic (exact) mass is 476 g/mol. The van der Waals surface area contributed by atoms with E-state index in [4.69, 9.17) is 14.2 Å². The average molecular weight is 477 g/mol. The van der Waals surface area contributed by atoms with Gasteiger partial charge in [-0.3, -0.25) is 14.9 Å². The zero-order valence-electron chi connectivity index (χ0n) is 17.8. The van der Waals surface area contributed by atoms with E-state index in [2.05, 4.69) is 0 Å². The molecule has 0 N–H and O–H groups in total. The highest BCUT2D eigenvalue weighted by Crippen LogP contribution is 2.34. The summed E-state index contributed by atoms with van der Waals surface area (Å²) in [6.45, 7) is 1.28. The minimum absolute atomic E-state index is 0.0724. The summed E-state index contributed by atoms with van der Waals surface area (Å²) in [7, 11) is -3.74. The zero-order valence-corrected chi connectivity index (χ0v) is 18.7. The summed E-state index contributed by atoms with van der Waals surface area (Å²) in [4.78, 5) is 22.9. The van der Waals surface area contributed by atoms with Gasteiger partial charge in [-0.25, -0.2) is 8.42 Å². The Morgan fingerprint density at radius 3 is 2.55 bits per heavy atom. The molecule has 4 rings (SSSR count). The molecule has 2 heterocycles. The second kappa shape index (κ2) is 9.75. The lowest BCUT2D eigenvalue weighted by atomic mass is 9.98. The van der Waals surface area contributed by atoms with Crippen LogP contribution in [0, 0.1) is 16.0 Å². The van der Waals surface area contributed by atoms with Gasteiger partial charge in [0.1, 0.15) is 6.61 Å². The van der Waals surface area contributed by atoms with Gasteiger partial charge in [-0.05, 0) is 30.5 Å². The number of piperidine rings is 1. The molecule has 0 saturated carbocycles. The molecule has 0 radical (unpaired) electrons. The summed E-state index contributed by atoms with van der Waals surface area (Å²) < 4.78 is 44.0. The third-order valence-electron chi connectivity index (χ3n) is 5.65. The van der Waals surface area contributed by atoms with Gasteiger partial charge in [0.25, 0.3) is 5.69 Å². The summed E-state index contributed by atoms with van der Waals surface area (Å²) in [5, 5.41) is 10.9. The lowest BCUT2D eigenvalue weighted by Gasteiger charge is -2.30. The Bertz CT molecular complexity index is 1140. The van der Waals surface area contributed by atoms with Gasteiger partial charge in [0.05, 0.1) is 29.0 Å². The van der Waals surface area contributed by atoms with Crippen LogP contribution < -0.4 is 9.47 Å². The Balaban J connectivity index is 1.34. The third-order valence-corrected chi connectivity index (χ3v) is 7.54. The fourth-order valence-electron chi connectivity index (χ4n) is 3.82. The van der Waals surface area contributed by atoms with Gasteiger partial charge in [-0.1, -0.05) is 12.1 Å². The quantitative estimate of drug-likeness (QED) is 0.354. The van der Waals surface area contributed by atoms with E-state index in [1.165, 1.54) is 34.6 Å². The van der Waals surface area contributed by atoms with Crippen molar-refractivity contribution in [2.45, 2.75) is 30.8 Å². The van der Waals surface area contributed by atoms with Crippen LogP contribution in [0.5, 0.6) is 11.5 Å². The molecule has 2 aromatic rings. The fourth-order valence-corrected chi connectivity index (χ4v) is 5.30. The number of rotatable bonds is 6. The Morgan fingerprint density at radius 2 is 1.82 bits per heavy atom. The predicted octanol–water partition coefficient (Wildman–Crippen LogP) is 2.90. The van der Waals surface area contributed by atoms with Crippen LogP contribution in [0.3, 0.4) is 0 Å². The number of ether oxygens (including phenoxy) is 3. The highest BCUT2D eigenvalue weighted by atomic mass is 32.2. The molecule has 0 amide bonds. The van der Waals surface area contributed by atoms with Gasteiger partial charge < -0.3 is 14.2 Å². The van der Waals surface area contributed by atoms with E-state index in [1.54, 1.807) is 12.1 Å². The first-order valence-electron chi connectivity index (χ1n) is 10.6. The summed E-state index contributed by atoms with van der Waals surface area (Å²) in [5.74, 6) is 0.0675. The number of non-ortho nitro benzene ring substituents is 1. The molecule has 0 spiro atoms. The number of hydrogen-bond donors (Lipinski definition) is 0. The average Bonchev–Trinajstić information content (AvgIpc) is 3.07. The van der Waals surface area contributed by atoms with E-state index in [-0.39, 0.29) is 30.3 Å². The summed E-state index contributed by atoms with van der Waals surface area (Å²) >= 11 is 0. The normalized spacial score (nSPS) is 17.2. The van der Waals surface area contributed by atoms with Crippen molar-refractivity contribution in [3.63, 3.8) is 0 Å². The second-order valence-electron chi connectivity index (χ2n) is 7.87. The Hall–Kier alpha value is -3.18. The Labute approximate surface area is 191 Å². The molecule has 0 aromatic heterocycles. The number of carbonyl (C=O) groups is 1. The second-order valence-corrected chi connectivity index (χ2v) is 9.81. The minimum Gasteiger partial charge on any atom is -0.490 e. The number of sulfonamides is 1.